The summed E-state index contributed by atoms with van der Waals surface area (Å²) in [5.41, 5.74) is 4.30. The first kappa shape index (κ1) is 23.8. The van der Waals surface area contributed by atoms with Crippen molar-refractivity contribution in [2.75, 3.05) is 0 Å². The molecule has 0 unspecified atom stereocenters. The average Bonchev–Trinajstić information content (AvgIpc) is 3.57. The minimum absolute atomic E-state index is 0. The van der Waals surface area contributed by atoms with E-state index < -0.39 is 18.6 Å². The Morgan fingerprint density at radius 2 is 1.81 bits per heavy atom. The van der Waals surface area contributed by atoms with Gasteiger partial charge in [-0.3, -0.25) is 0 Å². The topological polar surface area (TPSA) is 51.8 Å². The first-order chi connectivity index (χ1) is 21.7. The van der Waals surface area contributed by atoms with Crippen LogP contribution < -0.4 is 0 Å². The van der Waals surface area contributed by atoms with Crippen LogP contribution in [0, 0.1) is 31.3 Å². The number of hydrogen-bond acceptors (Lipinski definition) is 5. The molecule has 0 spiro atoms. The summed E-state index contributed by atoms with van der Waals surface area (Å²) in [5, 5.41) is 2.82. The van der Waals surface area contributed by atoms with Gasteiger partial charge in [0, 0.05) is 50.8 Å². The number of hydrogen-bond donors (Lipinski definition) is 0. The predicted molar refractivity (Wildman–Crippen MR) is 170 cm³/mol. The average molecular weight is 751 g/mol. The summed E-state index contributed by atoms with van der Waals surface area (Å²) in [5.74, 6) is 0. The molecule has 0 aliphatic rings. The van der Waals surface area contributed by atoms with E-state index in [1.807, 2.05) is 61.5 Å². The van der Waals surface area contributed by atoms with Crippen LogP contribution in [0.5, 0.6) is 0 Å². The summed E-state index contributed by atoms with van der Waals surface area (Å²) in [6.07, 6.45) is 1.14. The van der Waals surface area contributed by atoms with Crippen molar-refractivity contribution in [1.82, 2.24) is 15.0 Å². The molecular formula is C36H31IrN3OS-2. The molecule has 0 atom stereocenters. The van der Waals surface area contributed by atoms with Gasteiger partial charge in [-0.1, -0.05) is 55.5 Å². The van der Waals surface area contributed by atoms with E-state index in [0.29, 0.717) is 22.4 Å². The quantitative estimate of drug-likeness (QED) is 0.169. The molecule has 1 radical (unpaired) electrons. The zero-order valence-electron chi connectivity index (χ0n) is 28.6. The number of rotatable bonds is 3. The van der Waals surface area contributed by atoms with E-state index in [1.165, 1.54) is 12.3 Å². The van der Waals surface area contributed by atoms with E-state index in [-0.39, 0.29) is 31.2 Å². The minimum atomic E-state index is -2.49. The van der Waals surface area contributed by atoms with Crippen LogP contribution in [-0.2, 0) is 26.5 Å². The van der Waals surface area contributed by atoms with Gasteiger partial charge in [0.1, 0.15) is 5.58 Å². The smallest absolute Gasteiger partial charge is 0.123 e. The summed E-state index contributed by atoms with van der Waals surface area (Å²) in [6.45, 7) is 4.74. The third-order valence-electron chi connectivity index (χ3n) is 6.37. The van der Waals surface area contributed by atoms with Crippen LogP contribution in [0.1, 0.15) is 43.8 Å². The monoisotopic (exact) mass is 751 g/mol. The molecule has 7 rings (SSSR count). The molecule has 0 amide bonds. The maximum absolute atomic E-state index is 8.78. The molecule has 0 saturated heterocycles. The first-order valence-electron chi connectivity index (χ1n) is 15.8. The Bertz CT molecular complexity index is 2140. The standard InChI is InChI=1S/C25H23N2OS.C11H8N.Ir/c1-14-13-26-20(9-16(14)12-25(3,4)5)18-8-6-7-17-19-10-23-21(27-15(2)29-23)11-22(19)28-24(17)18;1-2-6-10(7-3-1)11-8-4-5-9-12-11;/h6-7,9-11,13H,12H2,1-5H3;1-6,8-9H;/q2*-1;/i1D3,12D2;;. The summed E-state index contributed by atoms with van der Waals surface area (Å²) in [7, 11) is 0. The molecule has 7 aromatic rings. The van der Waals surface area contributed by atoms with Gasteiger partial charge in [-0.2, -0.15) is 0 Å². The van der Waals surface area contributed by atoms with E-state index in [4.69, 9.17) is 11.3 Å². The maximum atomic E-state index is 8.78. The zero-order valence-corrected chi connectivity index (χ0v) is 26.8. The molecule has 3 aromatic carbocycles. The van der Waals surface area contributed by atoms with Gasteiger partial charge in [-0.05, 0) is 54.6 Å². The van der Waals surface area contributed by atoms with Crippen molar-refractivity contribution in [1.29, 1.82) is 0 Å². The Hall–Kier alpha value is -3.70. The summed E-state index contributed by atoms with van der Waals surface area (Å²) in [6, 6.07) is 29.2. The fourth-order valence-electron chi connectivity index (χ4n) is 4.64. The van der Waals surface area contributed by atoms with Crippen molar-refractivity contribution in [2.24, 2.45) is 5.41 Å². The maximum Gasteiger partial charge on any atom is 0.123 e. The molecule has 0 aliphatic heterocycles. The number of thiazole rings is 1. The number of aryl methyl sites for hydroxylation is 2. The zero-order chi connectivity index (χ0) is 32.9. The van der Waals surface area contributed by atoms with Crippen molar-refractivity contribution in [3.05, 3.63) is 113 Å². The number of nitrogens with zero attached hydrogens (tertiary/aromatic N) is 3. The van der Waals surface area contributed by atoms with E-state index in [1.54, 1.807) is 44.4 Å². The van der Waals surface area contributed by atoms with Gasteiger partial charge in [0.2, 0.25) is 0 Å². The van der Waals surface area contributed by atoms with E-state index in [9.17, 15) is 0 Å². The second-order valence-electron chi connectivity index (χ2n) is 10.7. The number of fused-ring (bicyclic) bond motifs is 4. The van der Waals surface area contributed by atoms with E-state index in [2.05, 4.69) is 33.2 Å². The fourth-order valence-corrected chi connectivity index (χ4v) is 5.49. The SMILES string of the molecule is [2H]C([2H])([2H])c1cnc(-c2[c-]ccc3c2oc2cc4nc(C)sc4cc23)cc1C([2H])([2H])C(C)(C)C.[Ir].[c-]1ccccc1-c1ccccn1. The molecule has 6 heteroatoms. The molecule has 4 nitrogen and oxygen atoms in total. The Morgan fingerprint density at radius 3 is 2.55 bits per heavy atom. The number of aromatic nitrogens is 3. The normalized spacial score (nSPS) is 13.8. The molecule has 0 saturated carbocycles. The van der Waals surface area contributed by atoms with Gasteiger partial charge in [-0.25, -0.2) is 4.98 Å². The van der Waals surface area contributed by atoms with Crippen LogP contribution in [-0.4, -0.2) is 15.0 Å². The van der Waals surface area contributed by atoms with Crippen LogP contribution >= 0.6 is 11.3 Å². The molecule has 213 valence electrons. The molecule has 0 fully saturated rings. The van der Waals surface area contributed by atoms with Gasteiger partial charge < -0.3 is 14.4 Å². The fraction of sp³-hybridized carbons (Fsp3) is 0.194. The van der Waals surface area contributed by atoms with Crippen LogP contribution in [0.4, 0.5) is 0 Å². The van der Waals surface area contributed by atoms with E-state index in [0.717, 1.165) is 37.3 Å². The number of furan rings is 1. The molecule has 0 bridgehead atoms. The van der Waals surface area contributed by atoms with Crippen LogP contribution in [0.25, 0.3) is 54.7 Å². The summed E-state index contributed by atoms with van der Waals surface area (Å²) >= 11 is 1.62. The summed E-state index contributed by atoms with van der Waals surface area (Å²) in [4.78, 5) is 13.2. The van der Waals surface area contributed by atoms with E-state index >= 15 is 0 Å². The second kappa shape index (κ2) is 12.3. The predicted octanol–water partition coefficient (Wildman–Crippen LogP) is 9.81. The summed E-state index contributed by atoms with van der Waals surface area (Å²) < 4.78 is 48.7. The van der Waals surface area contributed by atoms with Gasteiger partial charge in [0.05, 0.1) is 20.8 Å². The largest absolute Gasteiger partial charge is 0.501 e. The Kier molecular flexibility index (Phi) is 6.96. The molecule has 4 aromatic heterocycles. The van der Waals surface area contributed by atoms with Crippen LogP contribution in [0.3, 0.4) is 0 Å². The number of pyridine rings is 2. The third-order valence-corrected chi connectivity index (χ3v) is 7.30. The minimum Gasteiger partial charge on any atom is -0.501 e. The van der Waals surface area contributed by atoms with Gasteiger partial charge in [0.25, 0.3) is 0 Å². The second-order valence-corrected chi connectivity index (χ2v) is 12.0. The Labute approximate surface area is 271 Å². The van der Waals surface area contributed by atoms with Crippen molar-refractivity contribution in [3.63, 3.8) is 0 Å². The molecular weight excluding hydrogens is 715 g/mol. The van der Waals surface area contributed by atoms with Crippen molar-refractivity contribution >= 4 is 43.5 Å². The Morgan fingerprint density at radius 1 is 0.952 bits per heavy atom. The van der Waals surface area contributed by atoms with Crippen LogP contribution in [0.2, 0.25) is 0 Å². The van der Waals surface area contributed by atoms with Crippen molar-refractivity contribution < 1.29 is 31.4 Å². The molecule has 0 aliphatic carbocycles. The van der Waals surface area contributed by atoms with Crippen molar-refractivity contribution in [3.8, 4) is 22.5 Å². The van der Waals surface area contributed by atoms with Gasteiger partial charge in [0.15, 0.2) is 0 Å². The van der Waals surface area contributed by atoms with Crippen molar-refractivity contribution in [2.45, 2.75) is 40.9 Å². The number of benzene rings is 3. The third kappa shape index (κ3) is 6.36. The molecule has 42 heavy (non-hydrogen) atoms. The van der Waals surface area contributed by atoms with Gasteiger partial charge >= 0.3 is 0 Å². The van der Waals surface area contributed by atoms with Gasteiger partial charge in [-0.15, -0.1) is 65.4 Å². The van der Waals surface area contributed by atoms with Crippen LogP contribution in [0.15, 0.2) is 89.6 Å². The molecule has 0 N–H and O–H groups in total. The first-order valence-corrected chi connectivity index (χ1v) is 14.1. The Balaban J connectivity index is 0.000000280. The molecule has 4 heterocycles.